The fourth-order valence-electron chi connectivity index (χ4n) is 4.68. The summed E-state index contributed by atoms with van der Waals surface area (Å²) < 4.78 is 32.1. The van der Waals surface area contributed by atoms with E-state index in [1.807, 2.05) is 119 Å². The van der Waals surface area contributed by atoms with Crippen LogP contribution in [0, 0.1) is 0 Å². The predicted molar refractivity (Wildman–Crippen MR) is 166 cm³/mol. The van der Waals surface area contributed by atoms with Gasteiger partial charge in [0, 0.05) is 12.7 Å². The molecule has 1 amide bonds. The molecule has 0 saturated carbocycles. The van der Waals surface area contributed by atoms with Gasteiger partial charge in [0.25, 0.3) is 0 Å². The van der Waals surface area contributed by atoms with Crippen molar-refractivity contribution in [2.75, 3.05) is 11.9 Å². The van der Waals surface area contributed by atoms with Gasteiger partial charge in [-0.05, 0) is 110 Å². The molecule has 0 radical (unpaired) electrons. The zero-order valence-corrected chi connectivity index (χ0v) is 26.7. The van der Waals surface area contributed by atoms with Crippen molar-refractivity contribution in [1.82, 2.24) is 0 Å². The Hall–Kier alpha value is -2.58. The average Bonchev–Trinajstić information content (AvgIpc) is 3.20. The molecule has 0 bridgehead atoms. The third kappa shape index (κ3) is 6.29. The minimum absolute atomic E-state index is 0.422. The molecule has 2 saturated heterocycles. The van der Waals surface area contributed by atoms with Crippen molar-refractivity contribution < 1.29 is 28.1 Å². The highest BCUT2D eigenvalue weighted by atomic mass is 16.7. The molecule has 0 spiro atoms. The molecule has 2 aliphatic heterocycles. The van der Waals surface area contributed by atoms with E-state index in [2.05, 4.69) is 12.1 Å². The number of nitrogens with zero attached hydrogens (tertiary/aromatic N) is 1. The van der Waals surface area contributed by atoms with E-state index in [1.165, 1.54) is 4.90 Å². The highest BCUT2D eigenvalue weighted by Crippen LogP contribution is 2.47. The summed E-state index contributed by atoms with van der Waals surface area (Å²) in [5.41, 5.74) is 1.39. The first-order chi connectivity index (χ1) is 18.7. The Morgan fingerprint density at radius 3 is 1.39 bits per heavy atom. The van der Waals surface area contributed by atoms with E-state index in [0.717, 1.165) is 22.1 Å². The van der Waals surface area contributed by atoms with Crippen molar-refractivity contribution in [2.24, 2.45) is 0 Å². The summed E-state index contributed by atoms with van der Waals surface area (Å²) in [6.45, 7) is 21.9. The van der Waals surface area contributed by atoms with Crippen LogP contribution in [-0.4, -0.2) is 55.4 Å². The zero-order chi connectivity index (χ0) is 30.6. The zero-order valence-electron chi connectivity index (χ0n) is 26.7. The van der Waals surface area contributed by atoms with E-state index in [0.29, 0.717) is 5.69 Å². The minimum atomic E-state index is -0.691. The van der Waals surface area contributed by atoms with E-state index in [-0.39, 0.29) is 0 Å². The number of carbonyl (C=O) groups is 1. The highest BCUT2D eigenvalue weighted by Gasteiger charge is 2.57. The van der Waals surface area contributed by atoms with Crippen LogP contribution in [0.25, 0.3) is 10.9 Å². The van der Waals surface area contributed by atoms with Crippen LogP contribution in [0.1, 0.15) is 87.3 Å². The second kappa shape index (κ2) is 10.6. The van der Waals surface area contributed by atoms with Crippen molar-refractivity contribution in [2.45, 2.75) is 104 Å². The number of ether oxygens (including phenoxy) is 1. The van der Waals surface area contributed by atoms with Gasteiger partial charge in [-0.2, -0.15) is 0 Å². The van der Waals surface area contributed by atoms with Crippen LogP contribution >= 0.6 is 0 Å². The maximum atomic E-state index is 12.7. The lowest BCUT2D eigenvalue weighted by atomic mass is 9.60. The number of carbonyl (C=O) groups excluding carboxylic acids is 1. The predicted octanol–water partition coefficient (Wildman–Crippen LogP) is 7.23. The van der Waals surface area contributed by atoms with Crippen LogP contribution in [0.5, 0.6) is 0 Å². The Balaban J connectivity index is 1.88. The summed E-state index contributed by atoms with van der Waals surface area (Å²) in [6, 6.07) is 17.8. The van der Waals surface area contributed by atoms with Crippen LogP contribution in [0.15, 0.2) is 54.6 Å². The second-order valence-corrected chi connectivity index (χ2v) is 14.0. The first-order valence-corrected chi connectivity index (χ1v) is 14.3. The lowest BCUT2D eigenvalue weighted by Crippen LogP contribution is -2.41. The molecule has 4 rings (SSSR count). The Morgan fingerprint density at radius 2 is 1.02 bits per heavy atom. The second-order valence-electron chi connectivity index (χ2n) is 14.0. The van der Waals surface area contributed by atoms with Gasteiger partial charge in [0.1, 0.15) is 5.60 Å². The first kappa shape index (κ1) is 31.4. The Labute approximate surface area is 246 Å². The van der Waals surface area contributed by atoms with Gasteiger partial charge < -0.3 is 23.4 Å². The molecule has 0 aliphatic carbocycles. The van der Waals surface area contributed by atoms with E-state index in [1.54, 1.807) is 7.05 Å². The van der Waals surface area contributed by atoms with Crippen LogP contribution in [0.4, 0.5) is 10.5 Å². The summed E-state index contributed by atoms with van der Waals surface area (Å²) in [5.74, 6) is 0. The molecule has 9 heteroatoms. The van der Waals surface area contributed by atoms with Gasteiger partial charge in [0.05, 0.1) is 22.4 Å². The third-order valence-electron chi connectivity index (χ3n) is 8.59. The molecule has 41 heavy (non-hydrogen) atoms. The Kier molecular flexibility index (Phi) is 8.11. The van der Waals surface area contributed by atoms with Crippen molar-refractivity contribution in [3.05, 3.63) is 65.7 Å². The van der Waals surface area contributed by atoms with Crippen molar-refractivity contribution in [3.63, 3.8) is 0 Å². The SMILES string of the molecule is CN(C(=O)OC(C)(C)C)c1ccc(/C(B2OC(C)(C)C(C)(C)O2)=C(/B2OC(C)(C)C(C)(C)O2)c2ccccc2)cc1. The van der Waals surface area contributed by atoms with Gasteiger partial charge in [-0.3, -0.25) is 4.90 Å². The van der Waals surface area contributed by atoms with Crippen molar-refractivity contribution in [1.29, 1.82) is 0 Å². The van der Waals surface area contributed by atoms with Crippen LogP contribution < -0.4 is 4.90 Å². The summed E-state index contributed by atoms with van der Waals surface area (Å²) in [5, 5.41) is 0. The van der Waals surface area contributed by atoms with Gasteiger partial charge in [0.2, 0.25) is 0 Å². The largest absolute Gasteiger partial charge is 0.495 e. The van der Waals surface area contributed by atoms with Gasteiger partial charge >= 0.3 is 20.3 Å². The molecule has 2 aromatic rings. The average molecular weight is 561 g/mol. The molecule has 0 unspecified atom stereocenters. The fraction of sp³-hybridized carbons (Fsp3) is 0.531. The van der Waals surface area contributed by atoms with E-state index in [4.69, 9.17) is 23.4 Å². The standard InChI is InChI=1S/C32H45B2NO6/c1-28(2,3)37-27(36)35(12)24-20-18-23(19-21-24)26(34-40-31(8,9)32(10,11)41-34)25(22-16-14-13-15-17-22)33-38-29(4,5)30(6,7)39-33/h13-21H,1-12H3/b26-25-. The van der Waals surface area contributed by atoms with E-state index >= 15 is 0 Å². The topological polar surface area (TPSA) is 66.5 Å². The fourth-order valence-corrected chi connectivity index (χ4v) is 4.68. The molecule has 0 N–H and O–H groups in total. The monoisotopic (exact) mass is 561 g/mol. The maximum absolute atomic E-state index is 12.7. The molecule has 220 valence electrons. The lowest BCUT2D eigenvalue weighted by Gasteiger charge is -2.32. The molecule has 7 nitrogen and oxygen atoms in total. The molecular weight excluding hydrogens is 516 g/mol. The summed E-state index contributed by atoms with van der Waals surface area (Å²) in [6.07, 6.45) is -0.422. The number of amides is 1. The summed E-state index contributed by atoms with van der Waals surface area (Å²) in [4.78, 5) is 14.2. The lowest BCUT2D eigenvalue weighted by molar-refractivity contribution is 0.00578. The quantitative estimate of drug-likeness (QED) is 0.284. The molecule has 2 aromatic carbocycles. The molecule has 2 aliphatic rings. The number of benzene rings is 2. The van der Waals surface area contributed by atoms with E-state index in [9.17, 15) is 4.79 Å². The van der Waals surface area contributed by atoms with Crippen LogP contribution in [-0.2, 0) is 23.4 Å². The molecule has 0 aromatic heterocycles. The van der Waals surface area contributed by atoms with Crippen LogP contribution in [0.2, 0.25) is 0 Å². The van der Waals surface area contributed by atoms with Gasteiger partial charge in [-0.15, -0.1) is 0 Å². The van der Waals surface area contributed by atoms with Gasteiger partial charge in [-0.1, -0.05) is 42.5 Å². The maximum Gasteiger partial charge on any atom is 0.495 e. The van der Waals surface area contributed by atoms with Gasteiger partial charge in [-0.25, -0.2) is 4.79 Å². The van der Waals surface area contributed by atoms with Crippen LogP contribution in [0.3, 0.4) is 0 Å². The highest BCUT2D eigenvalue weighted by molar-refractivity contribution is 6.82. The number of anilines is 1. The number of hydrogen-bond donors (Lipinski definition) is 0. The van der Waals surface area contributed by atoms with Crippen molar-refractivity contribution >= 4 is 37.0 Å². The Morgan fingerprint density at radius 1 is 0.659 bits per heavy atom. The molecular formula is C32H45B2NO6. The number of rotatable bonds is 5. The summed E-state index contributed by atoms with van der Waals surface area (Å²) in [7, 11) is 0.345. The van der Waals surface area contributed by atoms with E-state index < -0.39 is 48.3 Å². The van der Waals surface area contributed by atoms with Crippen molar-refractivity contribution in [3.8, 4) is 0 Å². The summed E-state index contributed by atoms with van der Waals surface area (Å²) >= 11 is 0. The van der Waals surface area contributed by atoms with Gasteiger partial charge in [0.15, 0.2) is 0 Å². The molecule has 0 atom stereocenters. The Bertz CT molecular complexity index is 1260. The minimum Gasteiger partial charge on any atom is -0.443 e. The normalized spacial score (nSPS) is 21.5. The first-order valence-electron chi connectivity index (χ1n) is 14.3. The number of hydrogen-bond acceptors (Lipinski definition) is 6. The molecule has 2 fully saturated rings. The third-order valence-corrected chi connectivity index (χ3v) is 8.59. The smallest absolute Gasteiger partial charge is 0.443 e. The molecule has 2 heterocycles.